The summed E-state index contributed by atoms with van der Waals surface area (Å²) in [6.07, 6.45) is 0. The van der Waals surface area contributed by atoms with Crippen molar-refractivity contribution in [2.45, 2.75) is 13.8 Å². The molecule has 0 spiro atoms. The van der Waals surface area contributed by atoms with Gasteiger partial charge in [-0.15, -0.1) is 11.3 Å². The SMILES string of the molecule is CC(=O)Nc1nc2c(ccc3nc(C)sc32)s1. The second-order valence-electron chi connectivity index (χ2n) is 3.69. The molecule has 0 radical (unpaired) electrons. The molecule has 4 nitrogen and oxygen atoms in total. The van der Waals surface area contributed by atoms with Crippen LogP contribution in [-0.2, 0) is 4.79 Å². The molecule has 2 heterocycles. The predicted molar refractivity (Wildman–Crippen MR) is 71.8 cm³/mol. The second kappa shape index (κ2) is 3.75. The van der Waals surface area contributed by atoms with Gasteiger partial charge in [0.05, 0.1) is 19.9 Å². The van der Waals surface area contributed by atoms with E-state index in [-0.39, 0.29) is 5.91 Å². The van der Waals surface area contributed by atoms with Crippen LogP contribution in [0, 0.1) is 6.92 Å². The smallest absolute Gasteiger partial charge is 0.223 e. The Kier molecular flexibility index (Phi) is 2.34. The highest BCUT2D eigenvalue weighted by atomic mass is 32.1. The van der Waals surface area contributed by atoms with Crippen LogP contribution in [0.3, 0.4) is 0 Å². The molecule has 1 N–H and O–H groups in total. The van der Waals surface area contributed by atoms with Gasteiger partial charge in [-0.05, 0) is 19.1 Å². The number of anilines is 1. The van der Waals surface area contributed by atoms with Crippen molar-refractivity contribution < 1.29 is 4.79 Å². The molecular weight excluding hydrogens is 254 g/mol. The summed E-state index contributed by atoms with van der Waals surface area (Å²) in [7, 11) is 0. The lowest BCUT2D eigenvalue weighted by Gasteiger charge is -1.91. The standard InChI is InChI=1S/C11H9N3OS2/c1-5(15)12-11-14-9-8(17-11)4-3-7-10(9)16-6(2)13-7/h3-4H,1-2H3,(H,12,14,15). The Balaban J connectivity index is 2.26. The first-order valence-corrected chi connectivity index (χ1v) is 6.71. The molecule has 0 unspecified atom stereocenters. The molecule has 0 atom stereocenters. The molecule has 0 fully saturated rings. The lowest BCUT2D eigenvalue weighted by atomic mass is 10.3. The largest absolute Gasteiger partial charge is 0.302 e. The molecule has 0 aliphatic rings. The average Bonchev–Trinajstić information content (AvgIpc) is 2.77. The summed E-state index contributed by atoms with van der Waals surface area (Å²) in [5, 5.41) is 4.39. The summed E-state index contributed by atoms with van der Waals surface area (Å²) in [5.41, 5.74) is 1.90. The number of carbonyl (C=O) groups excluding carboxylic acids is 1. The van der Waals surface area contributed by atoms with Gasteiger partial charge in [-0.2, -0.15) is 0 Å². The van der Waals surface area contributed by atoms with E-state index in [4.69, 9.17) is 0 Å². The monoisotopic (exact) mass is 263 g/mol. The molecular formula is C11H9N3OS2. The number of aromatic nitrogens is 2. The summed E-state index contributed by atoms with van der Waals surface area (Å²) in [5.74, 6) is -0.0965. The van der Waals surface area contributed by atoms with Crippen LogP contribution in [0.2, 0.25) is 0 Å². The number of nitrogens with one attached hydrogen (secondary N) is 1. The van der Waals surface area contributed by atoms with Crippen LogP contribution < -0.4 is 5.32 Å². The van der Waals surface area contributed by atoms with Crippen LogP contribution in [-0.4, -0.2) is 15.9 Å². The molecule has 1 amide bonds. The zero-order valence-electron chi connectivity index (χ0n) is 9.27. The van der Waals surface area contributed by atoms with E-state index in [1.165, 1.54) is 18.3 Å². The Bertz CT molecular complexity index is 729. The van der Waals surface area contributed by atoms with Crippen molar-refractivity contribution in [3.63, 3.8) is 0 Å². The minimum atomic E-state index is -0.0965. The van der Waals surface area contributed by atoms with E-state index in [0.717, 1.165) is 25.4 Å². The summed E-state index contributed by atoms with van der Waals surface area (Å²) >= 11 is 3.12. The fraction of sp³-hybridized carbons (Fsp3) is 0.182. The van der Waals surface area contributed by atoms with E-state index in [0.29, 0.717) is 5.13 Å². The molecule has 2 aromatic heterocycles. The first-order chi connectivity index (χ1) is 8.13. The summed E-state index contributed by atoms with van der Waals surface area (Å²) in [4.78, 5) is 19.9. The topological polar surface area (TPSA) is 54.9 Å². The minimum Gasteiger partial charge on any atom is -0.302 e. The highest BCUT2D eigenvalue weighted by Crippen LogP contribution is 2.34. The number of hydrogen-bond donors (Lipinski definition) is 1. The van der Waals surface area contributed by atoms with Gasteiger partial charge in [-0.25, -0.2) is 9.97 Å². The maximum absolute atomic E-state index is 11.0. The van der Waals surface area contributed by atoms with Gasteiger partial charge in [0.2, 0.25) is 5.91 Å². The average molecular weight is 263 g/mol. The van der Waals surface area contributed by atoms with Crippen molar-refractivity contribution in [1.29, 1.82) is 0 Å². The van der Waals surface area contributed by atoms with Crippen molar-refractivity contribution in [3.8, 4) is 0 Å². The van der Waals surface area contributed by atoms with E-state index in [2.05, 4.69) is 15.3 Å². The zero-order chi connectivity index (χ0) is 12.0. The van der Waals surface area contributed by atoms with Gasteiger partial charge in [-0.3, -0.25) is 4.79 Å². The molecule has 3 aromatic rings. The van der Waals surface area contributed by atoms with Gasteiger partial charge < -0.3 is 5.32 Å². The fourth-order valence-corrected chi connectivity index (χ4v) is 3.59. The second-order valence-corrected chi connectivity index (χ2v) is 5.93. The van der Waals surface area contributed by atoms with E-state index in [1.54, 1.807) is 11.3 Å². The molecule has 0 aliphatic heterocycles. The number of hydrogen-bond acceptors (Lipinski definition) is 5. The Morgan fingerprint density at radius 3 is 2.88 bits per heavy atom. The van der Waals surface area contributed by atoms with Crippen LogP contribution in [0.25, 0.3) is 20.4 Å². The lowest BCUT2D eigenvalue weighted by Crippen LogP contribution is -2.04. The van der Waals surface area contributed by atoms with E-state index in [9.17, 15) is 4.79 Å². The Morgan fingerprint density at radius 2 is 2.12 bits per heavy atom. The van der Waals surface area contributed by atoms with Gasteiger partial charge in [0, 0.05) is 6.92 Å². The predicted octanol–water partition coefficient (Wildman–Crippen LogP) is 3.17. The maximum Gasteiger partial charge on any atom is 0.223 e. The number of amides is 1. The third-order valence-electron chi connectivity index (χ3n) is 2.30. The number of fused-ring (bicyclic) bond motifs is 3. The number of thiazole rings is 2. The third-order valence-corrected chi connectivity index (χ3v) is 4.23. The number of aryl methyl sites for hydroxylation is 1. The Hall–Kier alpha value is -1.53. The van der Waals surface area contributed by atoms with Crippen molar-refractivity contribution in [1.82, 2.24) is 9.97 Å². The van der Waals surface area contributed by atoms with Gasteiger partial charge >= 0.3 is 0 Å². The molecule has 3 rings (SSSR count). The van der Waals surface area contributed by atoms with Gasteiger partial charge in [-0.1, -0.05) is 11.3 Å². The van der Waals surface area contributed by atoms with Crippen molar-refractivity contribution >= 4 is 54.1 Å². The lowest BCUT2D eigenvalue weighted by molar-refractivity contribution is -0.114. The molecule has 6 heteroatoms. The molecule has 17 heavy (non-hydrogen) atoms. The molecule has 0 aliphatic carbocycles. The van der Waals surface area contributed by atoms with Crippen LogP contribution in [0.4, 0.5) is 5.13 Å². The molecule has 86 valence electrons. The highest BCUT2D eigenvalue weighted by Gasteiger charge is 2.11. The van der Waals surface area contributed by atoms with Gasteiger partial charge in [0.1, 0.15) is 5.52 Å². The summed E-state index contributed by atoms with van der Waals surface area (Å²) < 4.78 is 2.16. The maximum atomic E-state index is 11.0. The third kappa shape index (κ3) is 1.79. The van der Waals surface area contributed by atoms with Crippen molar-refractivity contribution in [3.05, 3.63) is 17.1 Å². The van der Waals surface area contributed by atoms with Crippen LogP contribution in [0.1, 0.15) is 11.9 Å². The molecule has 0 bridgehead atoms. The fourth-order valence-electron chi connectivity index (χ4n) is 1.69. The zero-order valence-corrected chi connectivity index (χ0v) is 10.9. The van der Waals surface area contributed by atoms with Crippen LogP contribution in [0.5, 0.6) is 0 Å². The number of rotatable bonds is 1. The normalized spacial score (nSPS) is 11.2. The van der Waals surface area contributed by atoms with Crippen molar-refractivity contribution in [2.24, 2.45) is 0 Å². The Labute approximate surface area is 105 Å². The first kappa shape index (κ1) is 10.6. The van der Waals surface area contributed by atoms with E-state index < -0.39 is 0 Å². The highest BCUT2D eigenvalue weighted by molar-refractivity contribution is 7.24. The quantitative estimate of drug-likeness (QED) is 0.733. The molecule has 0 saturated carbocycles. The summed E-state index contributed by atoms with van der Waals surface area (Å²) in [6.45, 7) is 3.47. The van der Waals surface area contributed by atoms with E-state index in [1.807, 2.05) is 19.1 Å². The number of benzene rings is 1. The molecule has 0 saturated heterocycles. The van der Waals surface area contributed by atoms with Gasteiger partial charge in [0.25, 0.3) is 0 Å². The van der Waals surface area contributed by atoms with Crippen LogP contribution >= 0.6 is 22.7 Å². The number of carbonyl (C=O) groups is 1. The van der Waals surface area contributed by atoms with E-state index >= 15 is 0 Å². The van der Waals surface area contributed by atoms with Crippen molar-refractivity contribution in [2.75, 3.05) is 5.32 Å². The Morgan fingerprint density at radius 1 is 1.29 bits per heavy atom. The van der Waals surface area contributed by atoms with Gasteiger partial charge in [0.15, 0.2) is 5.13 Å². The van der Waals surface area contributed by atoms with Crippen LogP contribution in [0.15, 0.2) is 12.1 Å². The first-order valence-electron chi connectivity index (χ1n) is 5.08. The minimum absolute atomic E-state index is 0.0965. The molecule has 1 aromatic carbocycles. The summed E-state index contributed by atoms with van der Waals surface area (Å²) in [6, 6.07) is 4.00. The number of nitrogens with zero attached hydrogens (tertiary/aromatic N) is 2.